The fourth-order valence-electron chi connectivity index (χ4n) is 5.37. The molecule has 1 atom stereocenters. The van der Waals surface area contributed by atoms with Crippen LogP contribution in [0.3, 0.4) is 0 Å². The van der Waals surface area contributed by atoms with Crippen LogP contribution in [-0.4, -0.2) is 59.8 Å². The highest BCUT2D eigenvalue weighted by atomic mass is 32.2. The van der Waals surface area contributed by atoms with Crippen molar-refractivity contribution in [2.45, 2.75) is 69.7 Å². The van der Waals surface area contributed by atoms with Gasteiger partial charge in [-0.1, -0.05) is 56.6 Å². The largest absolute Gasteiger partial charge is 0.338 e. The molecule has 5 rings (SSSR count). The molecule has 40 heavy (non-hydrogen) atoms. The number of amides is 1. The third-order valence-corrected chi connectivity index (χ3v) is 9.70. The van der Waals surface area contributed by atoms with Crippen molar-refractivity contribution in [3.8, 4) is 11.4 Å². The number of likely N-dealkylation sites (tertiary alicyclic amines) is 1. The molecule has 1 amide bonds. The zero-order valence-electron chi connectivity index (χ0n) is 23.6. The van der Waals surface area contributed by atoms with Crippen molar-refractivity contribution >= 4 is 21.6 Å². The van der Waals surface area contributed by atoms with Crippen molar-refractivity contribution < 1.29 is 17.7 Å². The molecule has 10 heteroatoms. The highest BCUT2D eigenvalue weighted by Gasteiger charge is 2.28. The minimum absolute atomic E-state index is 0.0681. The third-order valence-electron chi connectivity index (χ3n) is 7.79. The number of carbonyl (C=O) groups excluding carboxylic acids is 1. The van der Waals surface area contributed by atoms with E-state index in [1.165, 1.54) is 5.56 Å². The van der Waals surface area contributed by atoms with Crippen LogP contribution in [0.15, 0.2) is 57.9 Å². The molecular weight excluding hydrogens is 526 g/mol. The molecule has 0 spiro atoms. The van der Waals surface area contributed by atoms with E-state index in [1.807, 2.05) is 12.1 Å². The number of benzene rings is 2. The molecule has 1 aromatic heterocycles. The van der Waals surface area contributed by atoms with Gasteiger partial charge in [0.1, 0.15) is 0 Å². The molecule has 1 unspecified atom stereocenters. The molecule has 1 N–H and O–H groups in total. The Balaban J connectivity index is 1.16. The zero-order valence-corrected chi connectivity index (χ0v) is 24.4. The first-order chi connectivity index (χ1) is 19.1. The molecule has 3 heterocycles. The van der Waals surface area contributed by atoms with Crippen LogP contribution in [0.25, 0.3) is 11.4 Å². The Morgan fingerprint density at radius 2 is 1.68 bits per heavy atom. The summed E-state index contributed by atoms with van der Waals surface area (Å²) in [6, 6.07) is 14.7. The maximum Gasteiger partial charge on any atom is 0.243 e. The fraction of sp³-hybridized carbons (Fsp3) is 0.500. The lowest BCUT2D eigenvalue weighted by Crippen LogP contribution is -2.40. The van der Waals surface area contributed by atoms with Gasteiger partial charge >= 0.3 is 0 Å². The van der Waals surface area contributed by atoms with Gasteiger partial charge in [0.25, 0.3) is 0 Å². The third kappa shape index (κ3) is 6.62. The number of aromatic nitrogens is 2. The van der Waals surface area contributed by atoms with Crippen molar-refractivity contribution in [3.05, 3.63) is 60.0 Å². The lowest BCUT2D eigenvalue weighted by Gasteiger charge is -2.30. The van der Waals surface area contributed by atoms with Crippen LogP contribution >= 0.6 is 0 Å². The Bertz CT molecular complexity index is 1410. The summed E-state index contributed by atoms with van der Waals surface area (Å²) in [4.78, 5) is 20.1. The molecule has 2 fully saturated rings. The molecule has 3 aromatic rings. The van der Waals surface area contributed by atoms with E-state index in [0.717, 1.165) is 44.2 Å². The van der Waals surface area contributed by atoms with Crippen LogP contribution < -0.4 is 5.32 Å². The first-order valence-corrected chi connectivity index (χ1v) is 15.6. The number of hydrogen-bond acceptors (Lipinski definition) is 7. The summed E-state index contributed by atoms with van der Waals surface area (Å²) >= 11 is 0. The van der Waals surface area contributed by atoms with E-state index < -0.39 is 10.0 Å². The molecule has 0 radical (unpaired) electrons. The summed E-state index contributed by atoms with van der Waals surface area (Å²) in [6.45, 7) is 9.60. The Labute approximate surface area is 237 Å². The molecule has 0 bridgehead atoms. The Kier molecular flexibility index (Phi) is 8.39. The van der Waals surface area contributed by atoms with Crippen LogP contribution in [0, 0.1) is 5.92 Å². The van der Waals surface area contributed by atoms with Crippen LogP contribution in [0.4, 0.5) is 5.69 Å². The van der Waals surface area contributed by atoms with Crippen LogP contribution in [0.1, 0.15) is 64.3 Å². The molecule has 0 saturated carbocycles. The predicted octanol–water partition coefficient (Wildman–Crippen LogP) is 5.06. The van der Waals surface area contributed by atoms with E-state index in [2.05, 4.69) is 53.3 Å². The van der Waals surface area contributed by atoms with Crippen molar-refractivity contribution in [1.82, 2.24) is 19.3 Å². The van der Waals surface area contributed by atoms with Gasteiger partial charge in [-0.2, -0.15) is 9.29 Å². The smallest absolute Gasteiger partial charge is 0.243 e. The van der Waals surface area contributed by atoms with Crippen molar-refractivity contribution in [3.63, 3.8) is 0 Å². The molecule has 2 aliphatic heterocycles. The number of sulfonamides is 1. The number of nitrogens with zero attached hydrogens (tertiary/aromatic N) is 4. The number of carbonyl (C=O) groups is 1. The Morgan fingerprint density at radius 1 is 0.975 bits per heavy atom. The monoisotopic (exact) mass is 565 g/mol. The van der Waals surface area contributed by atoms with E-state index in [1.54, 1.807) is 28.6 Å². The number of piperidine rings is 2. The lowest BCUT2D eigenvalue weighted by molar-refractivity contribution is -0.121. The predicted molar refractivity (Wildman–Crippen MR) is 154 cm³/mol. The normalized spacial score (nSPS) is 19.4. The quantitative estimate of drug-likeness (QED) is 0.427. The van der Waals surface area contributed by atoms with Crippen molar-refractivity contribution in [1.29, 1.82) is 0 Å². The van der Waals surface area contributed by atoms with Gasteiger partial charge in [0.15, 0.2) is 0 Å². The summed E-state index contributed by atoms with van der Waals surface area (Å²) in [6.07, 6.45) is 4.53. The van der Waals surface area contributed by atoms with Crippen molar-refractivity contribution in [2.24, 2.45) is 5.92 Å². The van der Waals surface area contributed by atoms with E-state index in [-0.39, 0.29) is 22.1 Å². The summed E-state index contributed by atoms with van der Waals surface area (Å²) < 4.78 is 32.9. The van der Waals surface area contributed by atoms with Gasteiger partial charge in [0.2, 0.25) is 27.6 Å². The second kappa shape index (κ2) is 11.8. The fourth-order valence-corrected chi connectivity index (χ4v) is 6.89. The molecule has 9 nitrogen and oxygen atoms in total. The Hall–Kier alpha value is -3.08. The summed E-state index contributed by atoms with van der Waals surface area (Å²) in [7, 11) is -3.49. The first-order valence-electron chi connectivity index (χ1n) is 14.2. The number of nitrogens with one attached hydrogen (secondary N) is 1. The average molecular weight is 566 g/mol. The molecule has 2 aromatic carbocycles. The summed E-state index contributed by atoms with van der Waals surface area (Å²) in [5.74, 6) is 0.841. The van der Waals surface area contributed by atoms with Gasteiger partial charge in [-0.25, -0.2) is 8.42 Å². The standard InChI is InChI=1S/C30H39N5O4S/c1-30(2,3)24-11-9-22(10-12-24)28-32-27(39-33-28)21-34-17-7-8-23(20-34)29(36)31-25-13-15-26(16-14-25)40(37,38)35-18-5-4-6-19-35/h9-16,23H,4-8,17-21H2,1-3H3,(H,31,36). The second-order valence-electron chi connectivity index (χ2n) is 11.9. The maximum absolute atomic E-state index is 13.1. The Morgan fingerprint density at radius 3 is 2.35 bits per heavy atom. The highest BCUT2D eigenvalue weighted by molar-refractivity contribution is 7.89. The molecule has 0 aliphatic carbocycles. The van der Waals surface area contributed by atoms with Crippen LogP contribution in [0.5, 0.6) is 0 Å². The van der Waals surface area contributed by atoms with Crippen LogP contribution in [-0.2, 0) is 26.8 Å². The van der Waals surface area contributed by atoms with Gasteiger partial charge < -0.3 is 9.84 Å². The topological polar surface area (TPSA) is 109 Å². The lowest BCUT2D eigenvalue weighted by atomic mass is 9.87. The van der Waals surface area contributed by atoms with Gasteiger partial charge in [-0.15, -0.1) is 0 Å². The highest BCUT2D eigenvalue weighted by Crippen LogP contribution is 2.26. The van der Waals surface area contributed by atoms with Crippen LogP contribution in [0.2, 0.25) is 0 Å². The zero-order chi connectivity index (χ0) is 28.3. The number of anilines is 1. The van der Waals surface area contributed by atoms with Gasteiger partial charge in [0.05, 0.1) is 17.4 Å². The van der Waals surface area contributed by atoms with E-state index in [9.17, 15) is 13.2 Å². The average Bonchev–Trinajstić information content (AvgIpc) is 3.42. The molecule has 2 aliphatic rings. The maximum atomic E-state index is 13.1. The van der Waals surface area contributed by atoms with Gasteiger partial charge in [-0.05, 0) is 67.5 Å². The second-order valence-corrected chi connectivity index (χ2v) is 13.8. The van der Waals surface area contributed by atoms with Crippen molar-refractivity contribution in [2.75, 3.05) is 31.5 Å². The first kappa shape index (κ1) is 28.4. The SMILES string of the molecule is CC(C)(C)c1ccc(-c2noc(CN3CCCC(C(=O)Nc4ccc(S(=O)(=O)N5CCCCC5)cc4)C3)n2)cc1. The summed E-state index contributed by atoms with van der Waals surface area (Å²) in [5, 5.41) is 7.14. The van der Waals surface area contributed by atoms with E-state index >= 15 is 0 Å². The number of hydrogen-bond donors (Lipinski definition) is 1. The molecule has 2 saturated heterocycles. The van der Waals surface area contributed by atoms with E-state index in [0.29, 0.717) is 43.6 Å². The summed E-state index contributed by atoms with van der Waals surface area (Å²) in [5.41, 5.74) is 2.83. The number of rotatable bonds is 7. The minimum atomic E-state index is -3.49. The van der Waals surface area contributed by atoms with E-state index in [4.69, 9.17) is 4.52 Å². The van der Waals surface area contributed by atoms with Gasteiger partial charge in [0, 0.05) is 30.9 Å². The minimum Gasteiger partial charge on any atom is -0.338 e. The van der Waals surface area contributed by atoms with Gasteiger partial charge in [-0.3, -0.25) is 9.69 Å². The molecule has 214 valence electrons. The molecular formula is C30H39N5O4S.